The number of alkyl halides is 3. The maximum atomic E-state index is 12.5. The Morgan fingerprint density at radius 2 is 2.06 bits per heavy atom. The molecule has 7 heteroatoms. The van der Waals surface area contributed by atoms with E-state index in [4.69, 9.17) is 0 Å². The Kier molecular flexibility index (Phi) is 5.70. The van der Waals surface area contributed by atoms with Gasteiger partial charge < -0.3 is 28.8 Å². The summed E-state index contributed by atoms with van der Waals surface area (Å²) in [6.07, 6.45) is -1.57. The molecule has 0 saturated carbocycles. The average molecular weight is 346 g/mol. The SMILES string of the molecule is CO/N=C(\c1ccc[n+](C)c1)C(F)(F)F.[I-]. The number of hydrogen-bond donors (Lipinski definition) is 0. The summed E-state index contributed by atoms with van der Waals surface area (Å²) in [5.41, 5.74) is -1.07. The predicted octanol–water partition coefficient (Wildman–Crippen LogP) is -1.57. The van der Waals surface area contributed by atoms with E-state index >= 15 is 0 Å². The van der Waals surface area contributed by atoms with Crippen LogP contribution in [0.1, 0.15) is 5.56 Å². The standard InChI is InChI=1S/C9H10F3N2O.HI/c1-14-5-3-4-7(6-14)8(13-15-2)9(10,11)12;/h3-6H,1-2H3;1H/q+1;/p-1/b13-8+;. The van der Waals surface area contributed by atoms with Gasteiger partial charge in [-0.3, -0.25) is 0 Å². The molecule has 1 aromatic heterocycles. The van der Waals surface area contributed by atoms with Gasteiger partial charge in [0.1, 0.15) is 14.2 Å². The maximum Gasteiger partial charge on any atom is 0.437 e. The van der Waals surface area contributed by atoms with E-state index in [0.717, 1.165) is 7.11 Å². The molecule has 0 amide bonds. The first-order valence-electron chi connectivity index (χ1n) is 4.09. The molecular weight excluding hydrogens is 336 g/mol. The molecule has 0 unspecified atom stereocenters. The molecule has 0 aliphatic heterocycles. The van der Waals surface area contributed by atoms with Crippen LogP contribution in [0.5, 0.6) is 0 Å². The zero-order chi connectivity index (χ0) is 11.5. The monoisotopic (exact) mass is 346 g/mol. The lowest BCUT2D eigenvalue weighted by molar-refractivity contribution is -0.671. The molecule has 0 N–H and O–H groups in total. The van der Waals surface area contributed by atoms with Crippen molar-refractivity contribution in [1.82, 2.24) is 0 Å². The van der Waals surface area contributed by atoms with Crippen LogP contribution in [-0.4, -0.2) is 19.0 Å². The summed E-state index contributed by atoms with van der Waals surface area (Å²) in [4.78, 5) is 4.18. The summed E-state index contributed by atoms with van der Waals surface area (Å²) in [6, 6.07) is 2.83. The van der Waals surface area contributed by atoms with Gasteiger partial charge in [-0.15, -0.1) is 0 Å². The molecule has 0 saturated heterocycles. The van der Waals surface area contributed by atoms with Crippen molar-refractivity contribution < 1.29 is 46.6 Å². The molecule has 0 atom stereocenters. The number of halogens is 4. The van der Waals surface area contributed by atoms with Crippen molar-refractivity contribution in [1.29, 1.82) is 0 Å². The fourth-order valence-electron chi connectivity index (χ4n) is 1.09. The van der Waals surface area contributed by atoms with Crippen molar-refractivity contribution in [2.45, 2.75) is 6.18 Å². The number of pyridine rings is 1. The topological polar surface area (TPSA) is 25.5 Å². The second-order valence-electron chi connectivity index (χ2n) is 2.88. The van der Waals surface area contributed by atoms with E-state index in [-0.39, 0.29) is 29.5 Å². The summed E-state index contributed by atoms with van der Waals surface area (Å²) >= 11 is 0. The molecule has 0 spiro atoms. The molecule has 0 radical (unpaired) electrons. The van der Waals surface area contributed by atoms with E-state index in [1.807, 2.05) is 0 Å². The zero-order valence-corrected chi connectivity index (χ0v) is 10.8. The first kappa shape index (κ1) is 15.1. The Hall–Kier alpha value is -0.860. The third-order valence-electron chi connectivity index (χ3n) is 1.66. The fraction of sp³-hybridized carbons (Fsp3) is 0.333. The van der Waals surface area contributed by atoms with Gasteiger partial charge in [-0.05, 0) is 6.07 Å². The van der Waals surface area contributed by atoms with Gasteiger partial charge in [-0.2, -0.15) is 13.2 Å². The highest BCUT2D eigenvalue weighted by molar-refractivity contribution is 6.03. The molecule has 16 heavy (non-hydrogen) atoms. The minimum atomic E-state index is -4.52. The van der Waals surface area contributed by atoms with Gasteiger partial charge in [-0.25, -0.2) is 4.57 Å². The summed E-state index contributed by atoms with van der Waals surface area (Å²) in [5.74, 6) is 0. The van der Waals surface area contributed by atoms with Gasteiger partial charge >= 0.3 is 6.18 Å². The highest BCUT2D eigenvalue weighted by Crippen LogP contribution is 2.21. The van der Waals surface area contributed by atoms with E-state index in [1.165, 1.54) is 22.9 Å². The molecular formula is C9H10F3IN2O. The van der Waals surface area contributed by atoms with Crippen LogP contribution in [0.2, 0.25) is 0 Å². The van der Waals surface area contributed by atoms with E-state index in [0.29, 0.717) is 0 Å². The summed E-state index contributed by atoms with van der Waals surface area (Å²) in [5, 5.41) is 2.99. The van der Waals surface area contributed by atoms with Gasteiger partial charge in [0.25, 0.3) is 0 Å². The van der Waals surface area contributed by atoms with Crippen molar-refractivity contribution in [3.05, 3.63) is 30.1 Å². The third-order valence-corrected chi connectivity index (χ3v) is 1.66. The van der Waals surface area contributed by atoms with Gasteiger partial charge in [-0.1, -0.05) is 5.16 Å². The van der Waals surface area contributed by atoms with Crippen LogP contribution in [-0.2, 0) is 11.9 Å². The highest BCUT2D eigenvalue weighted by atomic mass is 127. The lowest BCUT2D eigenvalue weighted by Gasteiger charge is -2.07. The number of aromatic nitrogens is 1. The lowest BCUT2D eigenvalue weighted by Crippen LogP contribution is -3.00. The van der Waals surface area contributed by atoms with Crippen LogP contribution in [0.15, 0.2) is 29.7 Å². The minimum absolute atomic E-state index is 0. The molecule has 0 bridgehead atoms. The summed E-state index contributed by atoms with van der Waals surface area (Å²) in [7, 11) is 2.71. The average Bonchev–Trinajstić information content (AvgIpc) is 2.12. The first-order valence-corrected chi connectivity index (χ1v) is 4.09. The molecule has 0 fully saturated rings. The van der Waals surface area contributed by atoms with Crippen LogP contribution < -0.4 is 28.5 Å². The van der Waals surface area contributed by atoms with Crippen LogP contribution in [0.25, 0.3) is 0 Å². The minimum Gasteiger partial charge on any atom is -1.00 e. The first-order chi connectivity index (χ1) is 6.95. The number of hydrogen-bond acceptors (Lipinski definition) is 2. The van der Waals surface area contributed by atoms with E-state index < -0.39 is 11.9 Å². The Morgan fingerprint density at radius 1 is 1.44 bits per heavy atom. The van der Waals surface area contributed by atoms with Crippen molar-refractivity contribution >= 4 is 5.71 Å². The van der Waals surface area contributed by atoms with Gasteiger partial charge in [0.05, 0.1) is 5.56 Å². The van der Waals surface area contributed by atoms with Crippen molar-refractivity contribution in [3.63, 3.8) is 0 Å². The Labute approximate surface area is 108 Å². The lowest BCUT2D eigenvalue weighted by atomic mass is 10.2. The Bertz CT molecular complexity index is 379. The molecule has 3 nitrogen and oxygen atoms in total. The van der Waals surface area contributed by atoms with Gasteiger partial charge in [0.15, 0.2) is 18.1 Å². The van der Waals surface area contributed by atoms with Gasteiger partial charge in [0, 0.05) is 6.07 Å². The summed E-state index contributed by atoms with van der Waals surface area (Å²) < 4.78 is 39.0. The van der Waals surface area contributed by atoms with Crippen molar-refractivity contribution in [2.75, 3.05) is 7.11 Å². The number of oxime groups is 1. The number of nitrogens with zero attached hydrogens (tertiary/aromatic N) is 2. The fourth-order valence-corrected chi connectivity index (χ4v) is 1.09. The van der Waals surface area contributed by atoms with Crippen LogP contribution in [0.3, 0.4) is 0 Å². The van der Waals surface area contributed by atoms with Gasteiger partial charge in [0.2, 0.25) is 0 Å². The van der Waals surface area contributed by atoms with E-state index in [1.54, 1.807) is 13.2 Å². The van der Waals surface area contributed by atoms with Crippen molar-refractivity contribution in [3.8, 4) is 0 Å². The molecule has 0 aromatic carbocycles. The van der Waals surface area contributed by atoms with Crippen LogP contribution >= 0.6 is 0 Å². The maximum absolute atomic E-state index is 12.5. The smallest absolute Gasteiger partial charge is 0.437 e. The number of rotatable bonds is 2. The number of aryl methyl sites for hydroxylation is 1. The second kappa shape index (κ2) is 6.02. The molecule has 1 heterocycles. The predicted molar refractivity (Wildman–Crippen MR) is 47.2 cm³/mol. The summed E-state index contributed by atoms with van der Waals surface area (Å²) in [6.45, 7) is 0. The Balaban J connectivity index is 0.00000225. The van der Waals surface area contributed by atoms with E-state index in [2.05, 4.69) is 9.99 Å². The molecule has 90 valence electrons. The quantitative estimate of drug-likeness (QED) is 0.275. The third kappa shape index (κ3) is 3.95. The normalized spacial score (nSPS) is 11.9. The highest BCUT2D eigenvalue weighted by Gasteiger charge is 2.38. The largest absolute Gasteiger partial charge is 1.00 e. The molecule has 1 aromatic rings. The molecule has 0 aliphatic carbocycles. The van der Waals surface area contributed by atoms with Crippen molar-refractivity contribution in [2.24, 2.45) is 12.2 Å². The molecule has 1 rings (SSSR count). The van der Waals surface area contributed by atoms with E-state index in [9.17, 15) is 13.2 Å². The zero-order valence-electron chi connectivity index (χ0n) is 8.62. The van der Waals surface area contributed by atoms with Crippen LogP contribution in [0, 0.1) is 0 Å². The molecule has 0 aliphatic rings. The Morgan fingerprint density at radius 3 is 2.50 bits per heavy atom. The second-order valence-corrected chi connectivity index (χ2v) is 2.88. The van der Waals surface area contributed by atoms with Crippen LogP contribution in [0.4, 0.5) is 13.2 Å².